The van der Waals surface area contributed by atoms with E-state index in [2.05, 4.69) is 21.6 Å². The number of rotatable bonds is 7. The van der Waals surface area contributed by atoms with E-state index in [1.54, 1.807) is 17.0 Å². The number of carbonyl (C=O) groups is 2. The van der Waals surface area contributed by atoms with E-state index in [0.717, 1.165) is 18.4 Å². The molecule has 1 saturated carbocycles. The first-order valence-electron chi connectivity index (χ1n) is 8.08. The first-order valence-corrected chi connectivity index (χ1v) is 9.89. The highest BCUT2D eigenvalue weighted by Crippen LogP contribution is 2.35. The molecule has 3 rings (SSSR count). The Balaban J connectivity index is 1.51. The lowest BCUT2D eigenvalue weighted by atomic mass is 10.1. The van der Waals surface area contributed by atoms with Crippen LogP contribution in [0.3, 0.4) is 0 Å². The van der Waals surface area contributed by atoms with E-state index in [4.69, 9.17) is 5.26 Å². The van der Waals surface area contributed by atoms with Gasteiger partial charge in [0.25, 0.3) is 0 Å². The summed E-state index contributed by atoms with van der Waals surface area (Å²) in [5.74, 6) is 0.0288. The molecular formula is C17H17N5O2S2. The Morgan fingerprint density at radius 3 is 2.69 bits per heavy atom. The fourth-order valence-electron chi connectivity index (χ4n) is 2.36. The molecule has 0 atom stereocenters. The summed E-state index contributed by atoms with van der Waals surface area (Å²) in [7, 11) is 0. The number of hydrogen-bond acceptors (Lipinski definition) is 7. The number of nitrogens with zero attached hydrogens (tertiary/aromatic N) is 4. The fraction of sp³-hybridized carbons (Fsp3) is 0.353. The number of aromatic nitrogens is 2. The summed E-state index contributed by atoms with van der Waals surface area (Å²) < 4.78 is 0.659. The van der Waals surface area contributed by atoms with Gasteiger partial charge in [0.05, 0.1) is 18.2 Å². The third-order valence-electron chi connectivity index (χ3n) is 3.70. The molecule has 0 spiro atoms. The lowest BCUT2D eigenvalue weighted by Gasteiger charge is -2.15. The van der Waals surface area contributed by atoms with Crippen LogP contribution < -0.4 is 10.2 Å². The summed E-state index contributed by atoms with van der Waals surface area (Å²) in [5, 5.41) is 20.2. The number of benzene rings is 1. The predicted molar refractivity (Wildman–Crippen MR) is 101 cm³/mol. The van der Waals surface area contributed by atoms with Crippen molar-refractivity contribution in [2.75, 3.05) is 16.0 Å². The van der Waals surface area contributed by atoms with Crippen molar-refractivity contribution in [3.05, 3.63) is 29.8 Å². The Morgan fingerprint density at radius 1 is 1.35 bits per heavy atom. The molecule has 2 amide bonds. The Hall–Kier alpha value is -2.44. The van der Waals surface area contributed by atoms with Crippen LogP contribution >= 0.6 is 23.1 Å². The van der Waals surface area contributed by atoms with E-state index < -0.39 is 0 Å². The molecule has 1 aliphatic rings. The van der Waals surface area contributed by atoms with Crippen LogP contribution in [0.2, 0.25) is 0 Å². The summed E-state index contributed by atoms with van der Waals surface area (Å²) in [6.45, 7) is 1.53. The molecule has 0 bridgehead atoms. The zero-order chi connectivity index (χ0) is 18.5. The fourth-order valence-corrected chi connectivity index (χ4v) is 4.12. The smallest absolute Gasteiger partial charge is 0.234 e. The van der Waals surface area contributed by atoms with Gasteiger partial charge in [0, 0.05) is 18.7 Å². The van der Waals surface area contributed by atoms with Gasteiger partial charge in [-0.1, -0.05) is 35.2 Å². The quantitative estimate of drug-likeness (QED) is 0.579. The lowest BCUT2D eigenvalue weighted by molar-refractivity contribution is -0.116. The number of anilines is 2. The molecule has 9 heteroatoms. The molecule has 0 aliphatic heterocycles. The number of carbonyl (C=O) groups excluding carboxylic acids is 2. The first-order chi connectivity index (χ1) is 12.6. The van der Waals surface area contributed by atoms with Crippen molar-refractivity contribution in [1.82, 2.24) is 10.2 Å². The zero-order valence-corrected chi connectivity index (χ0v) is 15.8. The topological polar surface area (TPSA) is 99.0 Å². The van der Waals surface area contributed by atoms with E-state index in [9.17, 15) is 9.59 Å². The molecule has 134 valence electrons. The third-order valence-corrected chi connectivity index (χ3v) is 5.76. The molecule has 26 heavy (non-hydrogen) atoms. The van der Waals surface area contributed by atoms with Gasteiger partial charge in [-0.2, -0.15) is 5.26 Å². The van der Waals surface area contributed by atoms with Crippen LogP contribution in [-0.4, -0.2) is 33.8 Å². The largest absolute Gasteiger partial charge is 0.325 e. The average molecular weight is 387 g/mol. The SMILES string of the molecule is CC(=O)N(c1nnc(SCC(=O)Nc2ccc(CC#N)cc2)s1)C1CC1. The summed E-state index contributed by atoms with van der Waals surface area (Å²) in [4.78, 5) is 25.5. The van der Waals surface area contributed by atoms with Crippen LogP contribution in [0.1, 0.15) is 25.3 Å². The van der Waals surface area contributed by atoms with Gasteiger partial charge >= 0.3 is 0 Å². The normalized spacial score (nSPS) is 13.1. The first kappa shape index (κ1) is 18.4. The van der Waals surface area contributed by atoms with Crippen molar-refractivity contribution in [3.63, 3.8) is 0 Å². The number of nitriles is 1. The minimum absolute atomic E-state index is 0.0298. The highest BCUT2D eigenvalue weighted by atomic mass is 32.2. The number of hydrogen-bond donors (Lipinski definition) is 1. The average Bonchev–Trinajstić information content (AvgIpc) is 3.32. The molecule has 1 aromatic carbocycles. The van der Waals surface area contributed by atoms with Gasteiger partial charge in [-0.25, -0.2) is 0 Å². The van der Waals surface area contributed by atoms with Gasteiger partial charge in [-0.05, 0) is 30.5 Å². The minimum Gasteiger partial charge on any atom is -0.325 e. The van der Waals surface area contributed by atoms with E-state index in [1.807, 2.05) is 12.1 Å². The third kappa shape index (κ3) is 4.80. The Kier molecular flexibility index (Phi) is 5.85. The second-order valence-electron chi connectivity index (χ2n) is 5.84. The maximum atomic E-state index is 12.1. The minimum atomic E-state index is -0.148. The van der Waals surface area contributed by atoms with Crippen molar-refractivity contribution < 1.29 is 9.59 Å². The van der Waals surface area contributed by atoms with Crippen molar-refractivity contribution in [3.8, 4) is 6.07 Å². The van der Waals surface area contributed by atoms with Gasteiger partial charge in [0.1, 0.15) is 0 Å². The molecule has 0 unspecified atom stereocenters. The van der Waals surface area contributed by atoms with Crippen molar-refractivity contribution in [2.45, 2.75) is 36.6 Å². The molecule has 2 aromatic rings. The Bertz CT molecular complexity index is 840. The van der Waals surface area contributed by atoms with Crippen molar-refractivity contribution in [2.24, 2.45) is 0 Å². The Morgan fingerprint density at radius 2 is 2.08 bits per heavy atom. The summed E-state index contributed by atoms with van der Waals surface area (Å²) in [6, 6.07) is 9.51. The number of nitrogens with one attached hydrogen (secondary N) is 1. The van der Waals surface area contributed by atoms with Gasteiger partial charge in [-0.3, -0.25) is 14.5 Å². The van der Waals surface area contributed by atoms with Crippen LogP contribution in [0.15, 0.2) is 28.6 Å². The molecule has 0 saturated heterocycles. The van der Waals surface area contributed by atoms with Gasteiger partial charge in [0.2, 0.25) is 16.9 Å². The van der Waals surface area contributed by atoms with Crippen LogP contribution in [0.4, 0.5) is 10.8 Å². The van der Waals surface area contributed by atoms with E-state index in [0.29, 0.717) is 21.6 Å². The molecule has 7 nitrogen and oxygen atoms in total. The van der Waals surface area contributed by atoms with Crippen LogP contribution in [-0.2, 0) is 16.0 Å². The molecular weight excluding hydrogens is 370 g/mol. The second kappa shape index (κ2) is 8.29. The van der Waals surface area contributed by atoms with Crippen LogP contribution in [0.25, 0.3) is 0 Å². The summed E-state index contributed by atoms with van der Waals surface area (Å²) in [6.07, 6.45) is 2.34. The predicted octanol–water partition coefficient (Wildman–Crippen LogP) is 2.85. The van der Waals surface area contributed by atoms with Crippen LogP contribution in [0.5, 0.6) is 0 Å². The summed E-state index contributed by atoms with van der Waals surface area (Å²) >= 11 is 2.62. The van der Waals surface area contributed by atoms with Gasteiger partial charge in [-0.15, -0.1) is 10.2 Å². The van der Waals surface area contributed by atoms with Crippen LogP contribution in [0, 0.1) is 11.3 Å². The molecule has 1 aliphatic carbocycles. The van der Waals surface area contributed by atoms with Crippen molar-refractivity contribution in [1.29, 1.82) is 5.26 Å². The maximum Gasteiger partial charge on any atom is 0.234 e. The highest BCUT2D eigenvalue weighted by Gasteiger charge is 2.34. The standard InChI is InChI=1S/C17H17N5O2S2/c1-11(23)22(14-6-7-14)16-20-21-17(26-16)25-10-15(24)19-13-4-2-12(3-5-13)8-9-18/h2-5,14H,6-8,10H2,1H3,(H,19,24). The lowest BCUT2D eigenvalue weighted by Crippen LogP contribution is -2.30. The second-order valence-corrected chi connectivity index (χ2v) is 8.02. The Labute approximate surface area is 159 Å². The van der Waals surface area contributed by atoms with Crippen molar-refractivity contribution >= 4 is 45.7 Å². The van der Waals surface area contributed by atoms with E-state index in [-0.39, 0.29) is 23.6 Å². The van der Waals surface area contributed by atoms with E-state index in [1.165, 1.54) is 30.0 Å². The zero-order valence-electron chi connectivity index (χ0n) is 14.1. The number of amides is 2. The molecule has 1 fully saturated rings. The number of thioether (sulfide) groups is 1. The molecule has 1 heterocycles. The molecule has 1 N–H and O–H groups in total. The molecule has 0 radical (unpaired) electrons. The van der Waals surface area contributed by atoms with Gasteiger partial charge in [0.15, 0.2) is 4.34 Å². The maximum absolute atomic E-state index is 12.1. The molecule has 1 aromatic heterocycles. The highest BCUT2D eigenvalue weighted by molar-refractivity contribution is 8.01. The monoisotopic (exact) mass is 387 g/mol. The summed E-state index contributed by atoms with van der Waals surface area (Å²) in [5.41, 5.74) is 1.60. The van der Waals surface area contributed by atoms with Gasteiger partial charge < -0.3 is 5.32 Å². The van der Waals surface area contributed by atoms with E-state index >= 15 is 0 Å².